The molecule has 0 atom stereocenters. The standard InChI is InChI=1S/C21H26N6OS.HI/c1-3-22-21(24-14-19-16(2)8-11-29-19)23-13-17-6-4-7-18(12-17)26-20(28)15-27-10-5-9-25-27;/h4-12H,3,13-15H2,1-2H3,(H,26,28)(H2,22,23,24);1H. The lowest BCUT2D eigenvalue weighted by Crippen LogP contribution is -2.36. The highest BCUT2D eigenvalue weighted by molar-refractivity contribution is 14.0. The molecule has 30 heavy (non-hydrogen) atoms. The zero-order valence-electron chi connectivity index (χ0n) is 17.1. The molecule has 0 saturated heterocycles. The van der Waals surface area contributed by atoms with Crippen molar-refractivity contribution in [1.29, 1.82) is 0 Å². The van der Waals surface area contributed by atoms with Crippen LogP contribution in [0.2, 0.25) is 0 Å². The Kier molecular flexibility index (Phi) is 9.81. The molecule has 160 valence electrons. The van der Waals surface area contributed by atoms with E-state index in [0.717, 1.165) is 30.3 Å². The van der Waals surface area contributed by atoms with Gasteiger partial charge >= 0.3 is 0 Å². The second kappa shape index (κ2) is 12.3. The van der Waals surface area contributed by atoms with Crippen LogP contribution in [0.3, 0.4) is 0 Å². The molecule has 3 aromatic rings. The number of hydrogen-bond acceptors (Lipinski definition) is 4. The Hall–Kier alpha value is -2.40. The summed E-state index contributed by atoms with van der Waals surface area (Å²) in [6.45, 7) is 6.40. The Bertz CT molecular complexity index is 954. The van der Waals surface area contributed by atoms with Gasteiger partial charge in [0.05, 0.1) is 13.1 Å². The Morgan fingerprint density at radius 3 is 2.80 bits per heavy atom. The maximum absolute atomic E-state index is 12.1. The molecule has 1 amide bonds. The third kappa shape index (κ3) is 7.45. The number of aryl methyl sites for hydroxylation is 1. The maximum Gasteiger partial charge on any atom is 0.246 e. The van der Waals surface area contributed by atoms with Crippen molar-refractivity contribution < 1.29 is 4.79 Å². The number of carbonyl (C=O) groups excluding carboxylic acids is 1. The Morgan fingerprint density at radius 1 is 1.23 bits per heavy atom. The first-order valence-electron chi connectivity index (χ1n) is 9.55. The van der Waals surface area contributed by atoms with Crippen molar-refractivity contribution in [2.24, 2.45) is 4.99 Å². The van der Waals surface area contributed by atoms with Crippen LogP contribution < -0.4 is 16.0 Å². The average molecular weight is 538 g/mol. The van der Waals surface area contributed by atoms with E-state index in [0.29, 0.717) is 6.54 Å². The molecular formula is C21H27IN6OS. The van der Waals surface area contributed by atoms with Crippen molar-refractivity contribution in [1.82, 2.24) is 20.4 Å². The van der Waals surface area contributed by atoms with E-state index in [1.807, 2.05) is 31.2 Å². The molecule has 0 aliphatic carbocycles. The fourth-order valence-corrected chi connectivity index (χ4v) is 3.60. The minimum Gasteiger partial charge on any atom is -0.357 e. The largest absolute Gasteiger partial charge is 0.357 e. The molecule has 9 heteroatoms. The smallest absolute Gasteiger partial charge is 0.246 e. The van der Waals surface area contributed by atoms with E-state index in [1.165, 1.54) is 10.4 Å². The van der Waals surface area contributed by atoms with Crippen molar-refractivity contribution in [2.75, 3.05) is 11.9 Å². The van der Waals surface area contributed by atoms with Crippen molar-refractivity contribution in [3.8, 4) is 0 Å². The molecule has 3 N–H and O–H groups in total. The van der Waals surface area contributed by atoms with Gasteiger partial charge in [-0.3, -0.25) is 9.48 Å². The van der Waals surface area contributed by atoms with Crippen LogP contribution in [-0.4, -0.2) is 28.2 Å². The van der Waals surface area contributed by atoms with Crippen LogP contribution in [0.1, 0.15) is 22.9 Å². The molecule has 0 saturated carbocycles. The zero-order chi connectivity index (χ0) is 20.5. The van der Waals surface area contributed by atoms with Gasteiger partial charge in [-0.15, -0.1) is 35.3 Å². The summed E-state index contributed by atoms with van der Waals surface area (Å²) in [5.74, 6) is 0.657. The van der Waals surface area contributed by atoms with E-state index in [4.69, 9.17) is 0 Å². The second-order valence-electron chi connectivity index (χ2n) is 6.53. The molecule has 1 aromatic carbocycles. The predicted molar refractivity (Wildman–Crippen MR) is 133 cm³/mol. The van der Waals surface area contributed by atoms with Crippen LogP contribution in [0.4, 0.5) is 5.69 Å². The van der Waals surface area contributed by atoms with Crippen molar-refractivity contribution in [2.45, 2.75) is 33.5 Å². The van der Waals surface area contributed by atoms with Gasteiger partial charge in [-0.05, 0) is 54.6 Å². The number of halogens is 1. The molecule has 0 spiro atoms. The van der Waals surface area contributed by atoms with Crippen LogP contribution >= 0.6 is 35.3 Å². The number of hydrogen-bond donors (Lipinski definition) is 3. The Labute approximate surface area is 198 Å². The summed E-state index contributed by atoms with van der Waals surface area (Å²) in [7, 11) is 0. The first-order chi connectivity index (χ1) is 14.1. The molecular weight excluding hydrogens is 511 g/mol. The minimum atomic E-state index is -0.115. The van der Waals surface area contributed by atoms with Crippen LogP contribution in [0, 0.1) is 6.92 Å². The average Bonchev–Trinajstić information content (AvgIpc) is 3.36. The monoisotopic (exact) mass is 538 g/mol. The van der Waals surface area contributed by atoms with Gasteiger partial charge in [0, 0.05) is 29.5 Å². The van der Waals surface area contributed by atoms with Gasteiger partial charge in [0.25, 0.3) is 0 Å². The number of aliphatic imine (C=N–C) groups is 1. The van der Waals surface area contributed by atoms with Gasteiger partial charge in [0.1, 0.15) is 6.54 Å². The predicted octanol–water partition coefficient (Wildman–Crippen LogP) is 3.77. The Morgan fingerprint density at radius 2 is 2.10 bits per heavy atom. The van der Waals surface area contributed by atoms with E-state index in [2.05, 4.69) is 44.4 Å². The molecule has 0 aliphatic heterocycles. The van der Waals surface area contributed by atoms with E-state index in [9.17, 15) is 4.79 Å². The summed E-state index contributed by atoms with van der Waals surface area (Å²) in [6, 6.07) is 11.7. The maximum atomic E-state index is 12.1. The molecule has 0 unspecified atom stereocenters. The van der Waals surface area contributed by atoms with Crippen molar-refractivity contribution in [3.05, 3.63) is 70.2 Å². The molecule has 0 aliphatic rings. The molecule has 0 radical (unpaired) electrons. The van der Waals surface area contributed by atoms with E-state index >= 15 is 0 Å². The van der Waals surface area contributed by atoms with Gasteiger partial charge < -0.3 is 16.0 Å². The van der Waals surface area contributed by atoms with E-state index < -0.39 is 0 Å². The van der Waals surface area contributed by atoms with Crippen LogP contribution in [0.15, 0.2) is 59.2 Å². The fourth-order valence-electron chi connectivity index (χ4n) is 2.75. The number of nitrogens with zero attached hydrogens (tertiary/aromatic N) is 3. The van der Waals surface area contributed by atoms with Crippen LogP contribution in [-0.2, 0) is 24.4 Å². The molecule has 7 nitrogen and oxygen atoms in total. The highest BCUT2D eigenvalue weighted by Crippen LogP contribution is 2.15. The molecule has 0 fully saturated rings. The third-order valence-electron chi connectivity index (χ3n) is 4.22. The number of benzene rings is 1. The highest BCUT2D eigenvalue weighted by atomic mass is 127. The summed E-state index contributed by atoms with van der Waals surface area (Å²) < 4.78 is 1.59. The SMILES string of the molecule is CCNC(=NCc1cccc(NC(=O)Cn2cccn2)c1)NCc1sccc1C.I. The van der Waals surface area contributed by atoms with Gasteiger partial charge in [-0.25, -0.2) is 4.99 Å². The first kappa shape index (κ1) is 23.9. The summed E-state index contributed by atoms with van der Waals surface area (Å²) in [5, 5.41) is 15.7. The number of amides is 1. The minimum absolute atomic E-state index is 0. The molecule has 2 heterocycles. The van der Waals surface area contributed by atoms with Gasteiger partial charge in [0.2, 0.25) is 5.91 Å². The quantitative estimate of drug-likeness (QED) is 0.232. The first-order valence-corrected chi connectivity index (χ1v) is 10.4. The summed E-state index contributed by atoms with van der Waals surface area (Å²) >= 11 is 1.74. The van der Waals surface area contributed by atoms with Gasteiger partial charge in [-0.2, -0.15) is 5.10 Å². The number of guanidine groups is 1. The van der Waals surface area contributed by atoms with E-state index in [-0.39, 0.29) is 36.4 Å². The third-order valence-corrected chi connectivity index (χ3v) is 5.25. The molecule has 0 bridgehead atoms. The van der Waals surface area contributed by atoms with Crippen molar-refractivity contribution >= 4 is 52.9 Å². The van der Waals surface area contributed by atoms with Crippen molar-refractivity contribution in [3.63, 3.8) is 0 Å². The summed E-state index contributed by atoms with van der Waals surface area (Å²) in [6.07, 6.45) is 3.42. The second-order valence-corrected chi connectivity index (χ2v) is 7.53. The van der Waals surface area contributed by atoms with Crippen LogP contribution in [0.5, 0.6) is 0 Å². The van der Waals surface area contributed by atoms with Gasteiger partial charge in [-0.1, -0.05) is 12.1 Å². The zero-order valence-corrected chi connectivity index (χ0v) is 20.2. The van der Waals surface area contributed by atoms with Gasteiger partial charge in [0.15, 0.2) is 5.96 Å². The summed E-state index contributed by atoms with van der Waals surface area (Å²) in [5.41, 5.74) is 3.06. The summed E-state index contributed by atoms with van der Waals surface area (Å²) in [4.78, 5) is 18.1. The lowest BCUT2D eigenvalue weighted by molar-refractivity contribution is -0.116. The lowest BCUT2D eigenvalue weighted by atomic mass is 10.2. The fraction of sp³-hybridized carbons (Fsp3) is 0.286. The van der Waals surface area contributed by atoms with Crippen LogP contribution in [0.25, 0.3) is 0 Å². The number of anilines is 1. The number of rotatable bonds is 8. The normalized spacial score (nSPS) is 10.9. The number of aromatic nitrogens is 2. The highest BCUT2D eigenvalue weighted by Gasteiger charge is 2.05. The lowest BCUT2D eigenvalue weighted by Gasteiger charge is -2.11. The van der Waals surface area contributed by atoms with E-state index in [1.54, 1.807) is 34.5 Å². The number of nitrogens with one attached hydrogen (secondary N) is 3. The Balaban J connectivity index is 0.00000320. The number of carbonyl (C=O) groups is 1. The number of thiophene rings is 1. The topological polar surface area (TPSA) is 83.3 Å². The molecule has 3 rings (SSSR count). The molecule has 2 aromatic heterocycles.